The molecule has 1 saturated heterocycles. The number of hydrogen-bond donors (Lipinski definition) is 0. The fourth-order valence-electron chi connectivity index (χ4n) is 3.48. The Hall–Kier alpha value is -1.74. The molecule has 1 aromatic carbocycles. The van der Waals surface area contributed by atoms with Crippen LogP contribution in [-0.2, 0) is 5.60 Å². The third-order valence-corrected chi connectivity index (χ3v) is 4.45. The van der Waals surface area contributed by atoms with Crippen LogP contribution >= 0.6 is 0 Å². The maximum Gasteiger partial charge on any atom is 0.175 e. The quantitative estimate of drug-likeness (QED) is 0.783. The van der Waals surface area contributed by atoms with Crippen molar-refractivity contribution >= 4 is 0 Å². The second kappa shape index (κ2) is 3.87. The number of benzene rings is 1. The van der Waals surface area contributed by atoms with Crippen molar-refractivity contribution in [3.05, 3.63) is 54.0 Å². The summed E-state index contributed by atoms with van der Waals surface area (Å²) in [7, 11) is 2.17. The van der Waals surface area contributed by atoms with Gasteiger partial charge in [-0.2, -0.15) is 0 Å². The lowest BCUT2D eigenvalue weighted by Crippen LogP contribution is -2.47. The van der Waals surface area contributed by atoms with Gasteiger partial charge in [-0.15, -0.1) is 0 Å². The van der Waals surface area contributed by atoms with Crippen molar-refractivity contribution < 1.29 is 9.15 Å². The highest BCUT2D eigenvalue weighted by Gasteiger charge is 2.53. The predicted octanol–water partition coefficient (Wildman–Crippen LogP) is 2.99. The van der Waals surface area contributed by atoms with Gasteiger partial charge in [0, 0.05) is 31.0 Å². The molecule has 0 bridgehead atoms. The molecule has 0 amide bonds. The summed E-state index contributed by atoms with van der Waals surface area (Å²) < 4.78 is 12.1. The van der Waals surface area contributed by atoms with E-state index in [9.17, 15) is 0 Å². The first-order chi connectivity index (χ1) is 9.29. The first-order valence-corrected chi connectivity index (χ1v) is 6.80. The molecule has 3 heterocycles. The van der Waals surface area contributed by atoms with Gasteiger partial charge < -0.3 is 14.1 Å². The largest absolute Gasteiger partial charge is 0.478 e. The summed E-state index contributed by atoms with van der Waals surface area (Å²) in [6.45, 7) is 2.04. The van der Waals surface area contributed by atoms with Crippen molar-refractivity contribution in [1.29, 1.82) is 0 Å². The number of para-hydroxylation sites is 1. The maximum absolute atomic E-state index is 6.37. The minimum absolute atomic E-state index is 0.306. The number of likely N-dealkylation sites (N-methyl/N-ethyl adjacent to an activating group) is 1. The molecule has 2 aromatic rings. The van der Waals surface area contributed by atoms with Crippen LogP contribution in [0.4, 0.5) is 0 Å². The topological polar surface area (TPSA) is 25.6 Å². The van der Waals surface area contributed by atoms with E-state index < -0.39 is 0 Å². The zero-order valence-corrected chi connectivity index (χ0v) is 11.0. The Labute approximate surface area is 112 Å². The standard InChI is InChI=1S/C16H17NO2/c1-17-9-8-16(15-7-4-10-18-15)13(11-17)12-5-2-3-6-14(12)19-16/h2-7,10,13H,8-9,11H2,1H3/t13-,16-/m1/s1. The third kappa shape index (κ3) is 1.48. The number of fused-ring (bicyclic) bond motifs is 3. The summed E-state index contributed by atoms with van der Waals surface area (Å²) in [6, 6.07) is 12.4. The van der Waals surface area contributed by atoms with E-state index in [2.05, 4.69) is 30.1 Å². The van der Waals surface area contributed by atoms with Crippen molar-refractivity contribution in [3.8, 4) is 5.75 Å². The average Bonchev–Trinajstić information content (AvgIpc) is 3.04. The molecule has 1 aromatic heterocycles. The van der Waals surface area contributed by atoms with Crippen molar-refractivity contribution in [1.82, 2.24) is 4.90 Å². The summed E-state index contributed by atoms with van der Waals surface area (Å²) in [5.41, 5.74) is 1.00. The van der Waals surface area contributed by atoms with Crippen molar-refractivity contribution in [2.24, 2.45) is 0 Å². The molecule has 1 fully saturated rings. The maximum atomic E-state index is 6.37. The lowest BCUT2D eigenvalue weighted by atomic mass is 9.77. The normalized spacial score (nSPS) is 29.6. The summed E-state index contributed by atoms with van der Waals surface area (Å²) >= 11 is 0. The second-order valence-corrected chi connectivity index (χ2v) is 5.57. The molecule has 0 N–H and O–H groups in total. The van der Waals surface area contributed by atoms with Crippen LogP contribution in [0.1, 0.15) is 23.7 Å². The Morgan fingerprint density at radius 2 is 2.11 bits per heavy atom. The summed E-state index contributed by atoms with van der Waals surface area (Å²) in [4.78, 5) is 2.37. The highest BCUT2D eigenvalue weighted by Crippen LogP contribution is 2.54. The molecule has 3 nitrogen and oxygen atoms in total. The number of likely N-dealkylation sites (tertiary alicyclic amines) is 1. The van der Waals surface area contributed by atoms with Gasteiger partial charge in [0.15, 0.2) is 5.60 Å². The van der Waals surface area contributed by atoms with E-state index in [4.69, 9.17) is 9.15 Å². The van der Waals surface area contributed by atoms with Gasteiger partial charge in [0.1, 0.15) is 11.5 Å². The number of nitrogens with zero attached hydrogens (tertiary/aromatic N) is 1. The number of ether oxygens (including phenoxy) is 1. The number of furan rings is 1. The molecule has 2 aliphatic heterocycles. The van der Waals surface area contributed by atoms with Crippen LogP contribution < -0.4 is 4.74 Å². The lowest BCUT2D eigenvalue weighted by molar-refractivity contribution is -0.0106. The van der Waals surface area contributed by atoms with Crippen LogP contribution in [0.15, 0.2) is 47.1 Å². The van der Waals surface area contributed by atoms with Gasteiger partial charge >= 0.3 is 0 Å². The van der Waals surface area contributed by atoms with E-state index in [-0.39, 0.29) is 5.60 Å². The summed E-state index contributed by atoms with van der Waals surface area (Å²) in [5, 5.41) is 0. The zero-order chi connectivity index (χ0) is 12.9. The molecule has 4 rings (SSSR count). The van der Waals surface area contributed by atoms with E-state index in [0.29, 0.717) is 5.92 Å². The first kappa shape index (κ1) is 11.1. The minimum Gasteiger partial charge on any atom is -0.478 e. The van der Waals surface area contributed by atoms with Gasteiger partial charge in [-0.1, -0.05) is 18.2 Å². The lowest BCUT2D eigenvalue weighted by Gasteiger charge is -2.40. The van der Waals surface area contributed by atoms with E-state index in [1.165, 1.54) is 5.56 Å². The molecular formula is C16H17NO2. The molecule has 0 radical (unpaired) electrons. The number of hydrogen-bond acceptors (Lipinski definition) is 3. The predicted molar refractivity (Wildman–Crippen MR) is 72.3 cm³/mol. The van der Waals surface area contributed by atoms with Crippen LogP contribution in [0.2, 0.25) is 0 Å². The van der Waals surface area contributed by atoms with Crippen LogP contribution in [0.3, 0.4) is 0 Å². The van der Waals surface area contributed by atoms with E-state index in [0.717, 1.165) is 31.0 Å². The SMILES string of the molecule is CN1CC[C@@]2(c3ccco3)Oc3ccccc3[C@H]2C1. The number of piperidine rings is 1. The van der Waals surface area contributed by atoms with Crippen molar-refractivity contribution in [2.45, 2.75) is 17.9 Å². The average molecular weight is 255 g/mol. The van der Waals surface area contributed by atoms with E-state index in [1.54, 1.807) is 6.26 Å². The molecule has 98 valence electrons. The van der Waals surface area contributed by atoms with Crippen molar-refractivity contribution in [3.63, 3.8) is 0 Å². The van der Waals surface area contributed by atoms with Crippen LogP contribution in [0.25, 0.3) is 0 Å². The monoisotopic (exact) mass is 255 g/mol. The smallest absolute Gasteiger partial charge is 0.175 e. The molecule has 0 spiro atoms. The molecular weight excluding hydrogens is 238 g/mol. The molecule has 2 aliphatic rings. The van der Waals surface area contributed by atoms with Gasteiger partial charge in [0.25, 0.3) is 0 Å². The van der Waals surface area contributed by atoms with Gasteiger partial charge in [-0.3, -0.25) is 0 Å². The molecule has 3 heteroatoms. The van der Waals surface area contributed by atoms with E-state index >= 15 is 0 Å². The van der Waals surface area contributed by atoms with Gasteiger partial charge in [0.05, 0.1) is 6.26 Å². The number of rotatable bonds is 1. The Morgan fingerprint density at radius 1 is 1.21 bits per heavy atom. The Bertz CT molecular complexity index is 593. The molecule has 0 unspecified atom stereocenters. The molecule has 19 heavy (non-hydrogen) atoms. The minimum atomic E-state index is -0.306. The fourth-order valence-corrected chi connectivity index (χ4v) is 3.48. The Morgan fingerprint density at radius 3 is 2.95 bits per heavy atom. The third-order valence-electron chi connectivity index (χ3n) is 4.45. The fraction of sp³-hybridized carbons (Fsp3) is 0.375. The summed E-state index contributed by atoms with van der Waals surface area (Å²) in [6.07, 6.45) is 2.71. The van der Waals surface area contributed by atoms with Crippen molar-refractivity contribution in [2.75, 3.05) is 20.1 Å². The highest BCUT2D eigenvalue weighted by molar-refractivity contribution is 5.45. The van der Waals surface area contributed by atoms with Gasteiger partial charge in [0.2, 0.25) is 0 Å². The van der Waals surface area contributed by atoms with Gasteiger partial charge in [-0.25, -0.2) is 0 Å². The zero-order valence-electron chi connectivity index (χ0n) is 11.0. The van der Waals surface area contributed by atoms with Crippen LogP contribution in [0.5, 0.6) is 5.75 Å². The molecule has 0 aliphatic carbocycles. The van der Waals surface area contributed by atoms with Gasteiger partial charge in [-0.05, 0) is 25.2 Å². The Kier molecular flexibility index (Phi) is 2.27. The Balaban J connectivity index is 1.86. The first-order valence-electron chi connectivity index (χ1n) is 6.80. The molecule has 2 atom stereocenters. The van der Waals surface area contributed by atoms with Crippen LogP contribution in [0, 0.1) is 0 Å². The highest BCUT2D eigenvalue weighted by atomic mass is 16.5. The summed E-state index contributed by atoms with van der Waals surface area (Å²) in [5.74, 6) is 2.33. The van der Waals surface area contributed by atoms with Crippen LogP contribution in [-0.4, -0.2) is 25.0 Å². The molecule has 0 saturated carbocycles. The second-order valence-electron chi connectivity index (χ2n) is 5.57. The van der Waals surface area contributed by atoms with E-state index in [1.807, 2.05) is 18.2 Å².